The summed E-state index contributed by atoms with van der Waals surface area (Å²) in [6.45, 7) is 4.29. The van der Waals surface area contributed by atoms with Gasteiger partial charge in [0.1, 0.15) is 17.3 Å². The number of nitrogens with zero attached hydrogens (tertiary/aromatic N) is 1. The maximum atomic E-state index is 12.1. The van der Waals surface area contributed by atoms with Crippen molar-refractivity contribution in [3.05, 3.63) is 52.0 Å². The zero-order valence-electron chi connectivity index (χ0n) is 14.2. The Labute approximate surface area is 150 Å². The average molecular weight is 362 g/mol. The highest BCUT2D eigenvalue weighted by Crippen LogP contribution is 2.25. The number of hydrogen-bond donors (Lipinski definition) is 3. The van der Waals surface area contributed by atoms with Crippen LogP contribution in [0.2, 0.25) is 0 Å². The molecule has 0 bridgehead atoms. The average Bonchev–Trinajstić information content (AvgIpc) is 3.09. The van der Waals surface area contributed by atoms with Crippen LogP contribution in [0.1, 0.15) is 47.4 Å². The van der Waals surface area contributed by atoms with Gasteiger partial charge in [0.25, 0.3) is 5.91 Å². The van der Waals surface area contributed by atoms with Crippen molar-refractivity contribution in [1.29, 1.82) is 0 Å². The van der Waals surface area contributed by atoms with E-state index < -0.39 is 12.0 Å². The highest BCUT2D eigenvalue weighted by molar-refractivity contribution is 7.09. The van der Waals surface area contributed by atoms with Crippen LogP contribution in [-0.4, -0.2) is 17.0 Å². The van der Waals surface area contributed by atoms with Gasteiger partial charge in [0.05, 0.1) is 6.04 Å². The summed E-state index contributed by atoms with van der Waals surface area (Å²) < 4.78 is 5.26. The van der Waals surface area contributed by atoms with Gasteiger partial charge in [0, 0.05) is 5.38 Å². The molecule has 2 amide bonds. The Morgan fingerprint density at radius 3 is 2.64 bits per heavy atom. The molecule has 4 N–H and O–H groups in total. The number of ether oxygens (including phenoxy) is 1. The molecule has 1 heterocycles. The molecule has 2 rings (SSSR count). The highest BCUT2D eigenvalue weighted by Gasteiger charge is 2.21. The molecule has 1 aromatic heterocycles. The van der Waals surface area contributed by atoms with Gasteiger partial charge in [-0.2, -0.15) is 0 Å². The van der Waals surface area contributed by atoms with Crippen LogP contribution in [0.5, 0.6) is 0 Å². The molecular weight excluding hydrogens is 340 g/mol. The lowest BCUT2D eigenvalue weighted by Crippen LogP contribution is -2.31. The lowest BCUT2D eigenvalue weighted by atomic mass is 10.0. The molecule has 1 aromatic carbocycles. The van der Waals surface area contributed by atoms with Crippen molar-refractivity contribution >= 4 is 23.3 Å². The number of rotatable bonds is 7. The Morgan fingerprint density at radius 1 is 1.28 bits per heavy atom. The molecule has 0 aliphatic heterocycles. The Bertz CT molecular complexity index is 703. The van der Waals surface area contributed by atoms with Crippen LogP contribution in [0.3, 0.4) is 0 Å². The quantitative estimate of drug-likeness (QED) is 0.399. The summed E-state index contributed by atoms with van der Waals surface area (Å²) in [6.07, 6.45) is 0.159. The van der Waals surface area contributed by atoms with Crippen molar-refractivity contribution in [1.82, 2.24) is 15.7 Å². The lowest BCUT2D eigenvalue weighted by Gasteiger charge is -2.18. The predicted molar refractivity (Wildman–Crippen MR) is 95.7 cm³/mol. The molecular formula is C17H22N4O3S. The van der Waals surface area contributed by atoms with Crippen molar-refractivity contribution in [2.45, 2.75) is 32.9 Å². The van der Waals surface area contributed by atoms with Gasteiger partial charge >= 0.3 is 6.09 Å². The Morgan fingerprint density at radius 2 is 2.00 bits per heavy atom. The number of aromatic nitrogens is 1. The molecule has 25 heavy (non-hydrogen) atoms. The second-order valence-electron chi connectivity index (χ2n) is 5.93. The Hall–Kier alpha value is -2.45. The Kier molecular flexibility index (Phi) is 6.91. The van der Waals surface area contributed by atoms with Crippen LogP contribution >= 0.6 is 11.3 Å². The number of hydrazine groups is 1. The summed E-state index contributed by atoms with van der Waals surface area (Å²) in [5.41, 5.74) is 3.19. The van der Waals surface area contributed by atoms with Gasteiger partial charge in [0.15, 0.2) is 0 Å². The number of carbonyl (C=O) groups excluding carboxylic acids is 2. The molecule has 0 radical (unpaired) electrons. The molecule has 0 aliphatic rings. The van der Waals surface area contributed by atoms with E-state index in [1.165, 1.54) is 11.3 Å². The lowest BCUT2D eigenvalue weighted by molar-refractivity contribution is 0.0949. The molecule has 1 unspecified atom stereocenters. The number of thiazole rings is 1. The summed E-state index contributed by atoms with van der Waals surface area (Å²) in [6, 6.07) is 9.12. The van der Waals surface area contributed by atoms with Crippen molar-refractivity contribution in [2.24, 2.45) is 11.8 Å². The standard InChI is InChI=1S/C17H22N4O3S/c1-11(2)8-13(16-19-14(10-25-16)15(22)21-18)20-17(23)24-9-12-6-4-3-5-7-12/h3-7,10-11,13H,8-9,18H2,1-2H3,(H,20,23)(H,21,22). The van der Waals surface area contributed by atoms with Crippen molar-refractivity contribution in [3.8, 4) is 0 Å². The van der Waals surface area contributed by atoms with Gasteiger partial charge < -0.3 is 10.1 Å². The van der Waals surface area contributed by atoms with Crippen molar-refractivity contribution < 1.29 is 14.3 Å². The fourth-order valence-corrected chi connectivity index (χ4v) is 3.09. The summed E-state index contributed by atoms with van der Waals surface area (Å²) in [5, 5.41) is 5.08. The number of nitrogens with two attached hydrogens (primary N) is 1. The van der Waals surface area contributed by atoms with Crippen molar-refractivity contribution in [3.63, 3.8) is 0 Å². The fourth-order valence-electron chi connectivity index (χ4n) is 2.23. The summed E-state index contributed by atoms with van der Waals surface area (Å²) in [5.74, 6) is 4.99. The monoisotopic (exact) mass is 362 g/mol. The summed E-state index contributed by atoms with van der Waals surface area (Å²) >= 11 is 1.30. The van der Waals surface area contributed by atoms with Gasteiger partial charge in [-0.3, -0.25) is 10.2 Å². The van der Waals surface area contributed by atoms with E-state index in [1.807, 2.05) is 49.6 Å². The fraction of sp³-hybridized carbons (Fsp3) is 0.353. The molecule has 8 heteroatoms. The van der Waals surface area contributed by atoms with E-state index in [2.05, 4.69) is 10.3 Å². The topological polar surface area (TPSA) is 106 Å². The van der Waals surface area contributed by atoms with Gasteiger partial charge in [-0.05, 0) is 17.9 Å². The Balaban J connectivity index is 2.00. The van der Waals surface area contributed by atoms with Crippen molar-refractivity contribution in [2.75, 3.05) is 0 Å². The number of benzene rings is 1. The summed E-state index contributed by atoms with van der Waals surface area (Å²) in [4.78, 5) is 27.9. The normalized spacial score (nSPS) is 11.8. The number of alkyl carbamates (subject to hydrolysis) is 1. The van der Waals surface area contributed by atoms with E-state index in [4.69, 9.17) is 10.6 Å². The number of carbonyl (C=O) groups is 2. The van der Waals surface area contributed by atoms with Crippen LogP contribution in [0.25, 0.3) is 0 Å². The molecule has 2 aromatic rings. The predicted octanol–water partition coefficient (Wildman–Crippen LogP) is 2.76. The number of amides is 2. The van der Waals surface area contributed by atoms with Gasteiger partial charge in [-0.25, -0.2) is 15.6 Å². The molecule has 1 atom stereocenters. The minimum atomic E-state index is -0.519. The smallest absolute Gasteiger partial charge is 0.408 e. The minimum Gasteiger partial charge on any atom is -0.445 e. The van der Waals surface area contributed by atoms with Crippen LogP contribution < -0.4 is 16.6 Å². The molecule has 0 aliphatic carbocycles. The van der Waals surface area contributed by atoms with Crippen LogP contribution in [-0.2, 0) is 11.3 Å². The van der Waals surface area contributed by atoms with E-state index in [0.717, 1.165) is 5.56 Å². The highest BCUT2D eigenvalue weighted by atomic mass is 32.1. The van der Waals surface area contributed by atoms with Gasteiger partial charge in [-0.1, -0.05) is 44.2 Å². The zero-order valence-corrected chi connectivity index (χ0v) is 15.0. The second-order valence-corrected chi connectivity index (χ2v) is 6.82. The first-order valence-corrected chi connectivity index (χ1v) is 8.81. The largest absolute Gasteiger partial charge is 0.445 e. The first-order chi connectivity index (χ1) is 12.0. The van der Waals surface area contributed by atoms with E-state index in [0.29, 0.717) is 17.3 Å². The van der Waals surface area contributed by atoms with Gasteiger partial charge in [0.2, 0.25) is 0 Å². The maximum Gasteiger partial charge on any atom is 0.408 e. The van der Waals surface area contributed by atoms with E-state index in [-0.39, 0.29) is 18.3 Å². The zero-order chi connectivity index (χ0) is 18.2. The summed E-state index contributed by atoms with van der Waals surface area (Å²) in [7, 11) is 0. The minimum absolute atomic E-state index is 0.194. The van der Waals surface area contributed by atoms with E-state index in [9.17, 15) is 9.59 Å². The number of nitrogen functional groups attached to an aromatic ring is 1. The third-order valence-corrected chi connectivity index (χ3v) is 4.35. The molecule has 0 spiro atoms. The third-order valence-electron chi connectivity index (χ3n) is 3.40. The van der Waals surface area contributed by atoms with E-state index in [1.54, 1.807) is 5.38 Å². The third kappa shape index (κ3) is 5.84. The van der Waals surface area contributed by atoms with Gasteiger partial charge in [-0.15, -0.1) is 11.3 Å². The molecule has 7 nitrogen and oxygen atoms in total. The first-order valence-electron chi connectivity index (χ1n) is 7.93. The first kappa shape index (κ1) is 18.9. The van der Waals surface area contributed by atoms with Crippen LogP contribution in [0.4, 0.5) is 4.79 Å². The molecule has 0 saturated heterocycles. The SMILES string of the molecule is CC(C)CC(NC(=O)OCc1ccccc1)c1nc(C(=O)NN)cs1. The van der Waals surface area contributed by atoms with Crippen LogP contribution in [0.15, 0.2) is 35.7 Å². The second kappa shape index (κ2) is 9.14. The molecule has 0 saturated carbocycles. The molecule has 0 fully saturated rings. The van der Waals surface area contributed by atoms with Crippen LogP contribution in [0, 0.1) is 5.92 Å². The maximum absolute atomic E-state index is 12.1. The molecule has 134 valence electrons. The van der Waals surface area contributed by atoms with E-state index >= 15 is 0 Å². The number of nitrogens with one attached hydrogen (secondary N) is 2. The number of hydrogen-bond acceptors (Lipinski definition) is 6.